The number of nitrogens with zero attached hydrogens (tertiary/aromatic N) is 1. The number of aliphatic hydroxyl groups is 1. The summed E-state index contributed by atoms with van der Waals surface area (Å²) >= 11 is 4.66. The molecule has 3 nitrogen and oxygen atoms in total. The van der Waals surface area contributed by atoms with E-state index in [-0.39, 0.29) is 6.10 Å². The minimum Gasteiger partial charge on any atom is -0.393 e. The monoisotopic (exact) mass is 281 g/mol. The van der Waals surface area contributed by atoms with Gasteiger partial charge in [-0.15, -0.1) is 0 Å². The summed E-state index contributed by atoms with van der Waals surface area (Å²) in [6, 6.07) is 0. The second kappa shape index (κ2) is 6.85. The summed E-state index contributed by atoms with van der Waals surface area (Å²) in [5.74, 6) is 0. The first-order chi connectivity index (χ1) is 6.68. The molecule has 0 bridgehead atoms. The molecule has 0 radical (unpaired) electrons. The fourth-order valence-corrected chi connectivity index (χ4v) is 1.89. The van der Waals surface area contributed by atoms with Crippen LogP contribution in [0.25, 0.3) is 0 Å². The summed E-state index contributed by atoms with van der Waals surface area (Å²) in [6.45, 7) is 4.46. The molecule has 14 heavy (non-hydrogen) atoms. The van der Waals surface area contributed by atoms with Crippen molar-refractivity contribution in [3.63, 3.8) is 0 Å². The molecular weight excluding hydrogens is 266 g/mol. The van der Waals surface area contributed by atoms with Gasteiger partial charge in [0.25, 0.3) is 0 Å². The van der Waals surface area contributed by atoms with Crippen molar-refractivity contribution in [2.45, 2.75) is 25.9 Å². The lowest BCUT2D eigenvalue weighted by molar-refractivity contribution is 0.0499. The summed E-state index contributed by atoms with van der Waals surface area (Å²) in [6.07, 6.45) is 1.62. The van der Waals surface area contributed by atoms with Gasteiger partial charge in [0.2, 0.25) is 0 Å². The lowest BCUT2D eigenvalue weighted by Gasteiger charge is -2.28. The molecule has 0 unspecified atom stereocenters. The van der Waals surface area contributed by atoms with Gasteiger partial charge in [0.15, 0.2) is 0 Å². The van der Waals surface area contributed by atoms with Crippen LogP contribution in [0.15, 0.2) is 9.89 Å². The van der Waals surface area contributed by atoms with Crippen LogP contribution in [-0.2, 0) is 4.18 Å². The highest BCUT2D eigenvalue weighted by Crippen LogP contribution is 2.15. The Kier molecular flexibility index (Phi) is 6.12. The third kappa shape index (κ3) is 5.36. The van der Waals surface area contributed by atoms with Gasteiger partial charge in [-0.2, -0.15) is 0 Å². The van der Waals surface area contributed by atoms with E-state index in [1.807, 2.05) is 12.3 Å². The SMILES string of the molecule is C/C(Br)=C\SOCN1CCC(O)CC1. The predicted octanol–water partition coefficient (Wildman–Crippen LogP) is 2.32. The maximum absolute atomic E-state index is 9.28. The Labute approximate surface area is 97.8 Å². The fraction of sp³-hybridized carbons (Fsp3) is 0.778. The Bertz CT molecular complexity index is 189. The molecule has 1 N–H and O–H groups in total. The number of aliphatic hydroxyl groups excluding tert-OH is 1. The topological polar surface area (TPSA) is 32.7 Å². The van der Waals surface area contributed by atoms with Crippen LogP contribution in [0.2, 0.25) is 0 Å². The number of halogens is 1. The number of piperidine rings is 1. The van der Waals surface area contributed by atoms with Crippen molar-refractivity contribution in [3.05, 3.63) is 9.89 Å². The second-order valence-corrected chi connectivity index (χ2v) is 5.31. The van der Waals surface area contributed by atoms with E-state index >= 15 is 0 Å². The Hall–Kier alpha value is 0.450. The van der Waals surface area contributed by atoms with Crippen molar-refractivity contribution in [2.75, 3.05) is 19.8 Å². The molecule has 1 fully saturated rings. The molecule has 1 heterocycles. The molecule has 1 aliphatic heterocycles. The van der Waals surface area contributed by atoms with Crippen LogP contribution in [0, 0.1) is 0 Å². The zero-order valence-electron chi connectivity index (χ0n) is 8.28. The second-order valence-electron chi connectivity index (χ2n) is 3.40. The molecule has 1 aliphatic rings. The van der Waals surface area contributed by atoms with Gasteiger partial charge in [-0.3, -0.25) is 9.08 Å². The van der Waals surface area contributed by atoms with Gasteiger partial charge in [0.1, 0.15) is 6.73 Å². The number of hydrogen-bond donors (Lipinski definition) is 1. The first-order valence-electron chi connectivity index (χ1n) is 4.69. The van der Waals surface area contributed by atoms with Crippen LogP contribution in [0.5, 0.6) is 0 Å². The third-order valence-electron chi connectivity index (χ3n) is 2.07. The van der Waals surface area contributed by atoms with E-state index in [0.29, 0.717) is 6.73 Å². The van der Waals surface area contributed by atoms with Crippen LogP contribution >= 0.6 is 28.0 Å². The van der Waals surface area contributed by atoms with Gasteiger partial charge in [0.05, 0.1) is 6.10 Å². The highest BCUT2D eigenvalue weighted by atomic mass is 79.9. The van der Waals surface area contributed by atoms with E-state index in [1.54, 1.807) is 0 Å². The van der Waals surface area contributed by atoms with E-state index in [1.165, 1.54) is 12.0 Å². The quantitative estimate of drug-likeness (QED) is 0.633. The van der Waals surface area contributed by atoms with Crippen molar-refractivity contribution < 1.29 is 9.29 Å². The number of hydrogen-bond acceptors (Lipinski definition) is 4. The van der Waals surface area contributed by atoms with E-state index in [0.717, 1.165) is 30.4 Å². The Morgan fingerprint density at radius 3 is 2.86 bits per heavy atom. The van der Waals surface area contributed by atoms with Crippen molar-refractivity contribution >= 4 is 28.0 Å². The molecule has 0 aromatic heterocycles. The van der Waals surface area contributed by atoms with Crippen LogP contribution in [0.4, 0.5) is 0 Å². The lowest BCUT2D eigenvalue weighted by Crippen LogP contribution is -2.36. The molecule has 0 atom stereocenters. The minimum absolute atomic E-state index is 0.108. The Morgan fingerprint density at radius 1 is 1.64 bits per heavy atom. The Morgan fingerprint density at radius 2 is 2.29 bits per heavy atom. The van der Waals surface area contributed by atoms with E-state index in [4.69, 9.17) is 4.18 Å². The van der Waals surface area contributed by atoms with Gasteiger partial charge in [0, 0.05) is 35.0 Å². The largest absolute Gasteiger partial charge is 0.393 e. The molecule has 0 saturated carbocycles. The maximum atomic E-state index is 9.28. The van der Waals surface area contributed by atoms with Crippen molar-refractivity contribution in [2.24, 2.45) is 0 Å². The standard InChI is InChI=1S/C9H16BrNO2S/c1-8(10)6-14-13-7-11-4-2-9(12)3-5-11/h6,9,12H,2-5,7H2,1H3/b8-6+. The molecule has 0 aromatic rings. The van der Waals surface area contributed by atoms with Crippen LogP contribution in [0.1, 0.15) is 19.8 Å². The zero-order chi connectivity index (χ0) is 10.4. The lowest BCUT2D eigenvalue weighted by atomic mass is 10.1. The van der Waals surface area contributed by atoms with Crippen molar-refractivity contribution in [1.29, 1.82) is 0 Å². The number of likely N-dealkylation sites (tertiary alicyclic amines) is 1. The minimum atomic E-state index is -0.108. The first kappa shape index (κ1) is 12.5. The summed E-state index contributed by atoms with van der Waals surface area (Å²) in [5.41, 5.74) is 0. The third-order valence-corrected chi connectivity index (χ3v) is 3.29. The molecule has 5 heteroatoms. The van der Waals surface area contributed by atoms with Crippen molar-refractivity contribution in [1.82, 2.24) is 4.90 Å². The van der Waals surface area contributed by atoms with Gasteiger partial charge in [-0.05, 0) is 19.8 Å². The van der Waals surface area contributed by atoms with Crippen LogP contribution in [-0.4, -0.2) is 35.9 Å². The average Bonchev–Trinajstić information content (AvgIpc) is 2.15. The van der Waals surface area contributed by atoms with Gasteiger partial charge >= 0.3 is 0 Å². The smallest absolute Gasteiger partial charge is 0.114 e. The molecule has 0 spiro atoms. The van der Waals surface area contributed by atoms with Gasteiger partial charge in [-0.25, -0.2) is 0 Å². The van der Waals surface area contributed by atoms with Gasteiger partial charge < -0.3 is 5.11 Å². The summed E-state index contributed by atoms with van der Waals surface area (Å²) in [5, 5.41) is 11.2. The predicted molar refractivity (Wildman–Crippen MR) is 63.0 cm³/mol. The van der Waals surface area contributed by atoms with Crippen LogP contribution in [0.3, 0.4) is 0 Å². The first-order valence-corrected chi connectivity index (χ1v) is 6.29. The van der Waals surface area contributed by atoms with E-state index in [2.05, 4.69) is 20.8 Å². The zero-order valence-corrected chi connectivity index (χ0v) is 10.7. The maximum Gasteiger partial charge on any atom is 0.114 e. The molecule has 82 valence electrons. The molecule has 1 saturated heterocycles. The summed E-state index contributed by atoms with van der Waals surface area (Å²) in [7, 11) is 0. The number of rotatable bonds is 4. The van der Waals surface area contributed by atoms with E-state index in [9.17, 15) is 5.11 Å². The molecule has 1 rings (SSSR count). The van der Waals surface area contributed by atoms with Crippen LogP contribution < -0.4 is 0 Å². The normalized spacial score (nSPS) is 21.5. The van der Waals surface area contributed by atoms with E-state index < -0.39 is 0 Å². The molecule has 0 aromatic carbocycles. The highest BCUT2D eigenvalue weighted by Gasteiger charge is 2.16. The molecular formula is C9H16BrNO2S. The summed E-state index contributed by atoms with van der Waals surface area (Å²) in [4.78, 5) is 2.21. The van der Waals surface area contributed by atoms with Crippen molar-refractivity contribution in [3.8, 4) is 0 Å². The Balaban J connectivity index is 2.05. The molecule has 0 amide bonds. The molecule has 0 aliphatic carbocycles. The highest BCUT2D eigenvalue weighted by molar-refractivity contribution is 9.11. The average molecular weight is 282 g/mol. The fourth-order valence-electron chi connectivity index (χ4n) is 1.25. The van der Waals surface area contributed by atoms with Gasteiger partial charge in [-0.1, -0.05) is 15.9 Å². The summed E-state index contributed by atoms with van der Waals surface area (Å²) < 4.78 is 6.44. The number of allylic oxidation sites excluding steroid dienone is 1.